The molecule has 1 aromatic rings. The number of hydrogen-bond acceptors (Lipinski definition) is 3. The molecule has 0 spiro atoms. The lowest BCUT2D eigenvalue weighted by Crippen LogP contribution is -2.50. The smallest absolute Gasteiger partial charge is 0.327 e. The third-order valence-electron chi connectivity index (χ3n) is 3.02. The van der Waals surface area contributed by atoms with Gasteiger partial charge in [0.2, 0.25) is 5.91 Å². The maximum atomic E-state index is 12.2. The highest BCUT2D eigenvalue weighted by Crippen LogP contribution is 2.20. The Kier molecular flexibility index (Phi) is 7.08. The Balaban J connectivity index is 2.61. The summed E-state index contributed by atoms with van der Waals surface area (Å²) in [6.07, 6.45) is 1.48. The Hall–Kier alpha value is -2.37. The van der Waals surface area contributed by atoms with Crippen LogP contribution in [0.5, 0.6) is 0 Å². The number of rotatable bonds is 5. The molecule has 0 bridgehead atoms. The molecule has 0 aliphatic carbocycles. The van der Waals surface area contributed by atoms with Crippen molar-refractivity contribution >= 4 is 17.7 Å². The second kappa shape index (κ2) is 8.81. The fourth-order valence-corrected chi connectivity index (χ4v) is 2.01. The second-order valence-electron chi connectivity index (χ2n) is 5.32. The Bertz CT molecular complexity index is 515. The molecule has 120 valence electrons. The predicted molar refractivity (Wildman–Crippen MR) is 83.7 cm³/mol. The van der Waals surface area contributed by atoms with Crippen LogP contribution in [0, 0.1) is 0 Å². The van der Waals surface area contributed by atoms with Gasteiger partial charge in [0, 0.05) is 6.04 Å². The van der Waals surface area contributed by atoms with E-state index in [-0.39, 0.29) is 17.9 Å². The van der Waals surface area contributed by atoms with Gasteiger partial charge < -0.3 is 5.32 Å². The molecule has 1 atom stereocenters. The molecule has 0 aliphatic rings. The molecule has 6 nitrogen and oxygen atoms in total. The molecule has 1 rings (SSSR count). The summed E-state index contributed by atoms with van der Waals surface area (Å²) in [5, 5.41) is 2.45. The van der Waals surface area contributed by atoms with Crippen molar-refractivity contribution in [3.8, 4) is 0 Å². The minimum atomic E-state index is -0.884. The minimum absolute atomic E-state index is 0.147. The van der Waals surface area contributed by atoms with Crippen LogP contribution in [-0.2, 0) is 14.4 Å². The molecule has 3 amide bonds. The van der Waals surface area contributed by atoms with Crippen molar-refractivity contribution in [2.45, 2.75) is 45.6 Å². The van der Waals surface area contributed by atoms with E-state index < -0.39 is 11.8 Å². The maximum absolute atomic E-state index is 12.2. The van der Waals surface area contributed by atoms with Gasteiger partial charge in [-0.1, -0.05) is 43.7 Å². The molecule has 3 N–H and O–H groups in total. The molecule has 0 unspecified atom stereocenters. The summed E-state index contributed by atoms with van der Waals surface area (Å²) in [6.45, 7) is 5.48. The van der Waals surface area contributed by atoms with Crippen molar-refractivity contribution in [2.75, 3.05) is 0 Å². The zero-order valence-electron chi connectivity index (χ0n) is 13.2. The topological polar surface area (TPSA) is 87.3 Å². The zero-order chi connectivity index (χ0) is 16.5. The van der Waals surface area contributed by atoms with Crippen LogP contribution in [0.2, 0.25) is 0 Å². The van der Waals surface area contributed by atoms with Crippen molar-refractivity contribution in [3.05, 3.63) is 35.9 Å². The van der Waals surface area contributed by atoms with Gasteiger partial charge >= 0.3 is 11.8 Å². The second-order valence-corrected chi connectivity index (χ2v) is 5.32. The van der Waals surface area contributed by atoms with Crippen molar-refractivity contribution in [3.63, 3.8) is 0 Å². The van der Waals surface area contributed by atoms with Gasteiger partial charge in [0.05, 0.1) is 5.92 Å². The van der Waals surface area contributed by atoms with Crippen LogP contribution in [0.15, 0.2) is 30.3 Å². The summed E-state index contributed by atoms with van der Waals surface area (Å²) in [5.74, 6) is -2.36. The fraction of sp³-hybridized carbons (Fsp3) is 0.438. The van der Waals surface area contributed by atoms with Crippen LogP contribution in [-0.4, -0.2) is 23.8 Å². The first-order valence-electron chi connectivity index (χ1n) is 7.41. The van der Waals surface area contributed by atoms with E-state index in [1.165, 1.54) is 0 Å². The van der Waals surface area contributed by atoms with Crippen LogP contribution in [0.25, 0.3) is 0 Å². The van der Waals surface area contributed by atoms with Crippen molar-refractivity contribution in [1.29, 1.82) is 0 Å². The molecule has 0 saturated carbocycles. The summed E-state index contributed by atoms with van der Waals surface area (Å²) in [6, 6.07) is 9.19. The summed E-state index contributed by atoms with van der Waals surface area (Å²) in [4.78, 5) is 35.2. The van der Waals surface area contributed by atoms with Gasteiger partial charge in [-0.05, 0) is 25.8 Å². The zero-order valence-corrected chi connectivity index (χ0v) is 13.2. The highest BCUT2D eigenvalue weighted by Gasteiger charge is 2.21. The van der Waals surface area contributed by atoms with E-state index in [9.17, 15) is 14.4 Å². The van der Waals surface area contributed by atoms with E-state index in [0.29, 0.717) is 6.42 Å². The van der Waals surface area contributed by atoms with E-state index in [1.807, 2.05) is 37.3 Å². The molecular formula is C16H23N3O3. The van der Waals surface area contributed by atoms with Gasteiger partial charge in [-0.3, -0.25) is 25.2 Å². The third-order valence-corrected chi connectivity index (χ3v) is 3.02. The molecule has 0 fully saturated rings. The summed E-state index contributed by atoms with van der Waals surface area (Å²) in [7, 11) is 0. The van der Waals surface area contributed by atoms with Gasteiger partial charge in [-0.2, -0.15) is 0 Å². The van der Waals surface area contributed by atoms with Gasteiger partial charge in [-0.15, -0.1) is 0 Å². The molecular weight excluding hydrogens is 282 g/mol. The highest BCUT2D eigenvalue weighted by atomic mass is 16.2. The Morgan fingerprint density at radius 3 is 2.18 bits per heavy atom. The molecule has 0 aromatic heterocycles. The maximum Gasteiger partial charge on any atom is 0.327 e. The van der Waals surface area contributed by atoms with Crippen molar-refractivity contribution < 1.29 is 14.4 Å². The highest BCUT2D eigenvalue weighted by molar-refractivity contribution is 6.35. The Morgan fingerprint density at radius 2 is 1.64 bits per heavy atom. The molecule has 0 saturated heterocycles. The molecule has 6 heteroatoms. The van der Waals surface area contributed by atoms with Crippen LogP contribution in [0.4, 0.5) is 0 Å². The van der Waals surface area contributed by atoms with Gasteiger partial charge in [0.1, 0.15) is 0 Å². The van der Waals surface area contributed by atoms with E-state index in [4.69, 9.17) is 0 Å². The van der Waals surface area contributed by atoms with E-state index in [2.05, 4.69) is 16.2 Å². The number of carbonyl (C=O) groups excluding carboxylic acids is 3. The monoisotopic (exact) mass is 305 g/mol. The Morgan fingerprint density at radius 1 is 1.00 bits per heavy atom. The first-order chi connectivity index (χ1) is 10.5. The summed E-state index contributed by atoms with van der Waals surface area (Å²) in [5.41, 5.74) is 5.34. The third kappa shape index (κ3) is 5.55. The number of hydrogen-bond donors (Lipinski definition) is 3. The molecule has 0 radical (unpaired) electrons. The predicted octanol–water partition coefficient (Wildman–Crippen LogP) is 1.24. The first-order valence-corrected chi connectivity index (χ1v) is 7.41. The van der Waals surface area contributed by atoms with E-state index in [0.717, 1.165) is 12.0 Å². The number of benzene rings is 1. The van der Waals surface area contributed by atoms with E-state index >= 15 is 0 Å². The SMILES string of the molecule is CCC[C@H](C(=O)NNC(=O)C(=O)NC(C)C)c1ccccc1. The number of nitrogens with one attached hydrogen (secondary N) is 3. The van der Waals surface area contributed by atoms with Crippen LogP contribution in [0.1, 0.15) is 45.1 Å². The van der Waals surface area contributed by atoms with Gasteiger partial charge in [-0.25, -0.2) is 0 Å². The average Bonchev–Trinajstić information content (AvgIpc) is 2.50. The summed E-state index contributed by atoms with van der Waals surface area (Å²) < 4.78 is 0. The number of amides is 3. The van der Waals surface area contributed by atoms with Gasteiger partial charge in [0.15, 0.2) is 0 Å². The van der Waals surface area contributed by atoms with Crippen molar-refractivity contribution in [2.24, 2.45) is 0 Å². The number of hydrazine groups is 1. The number of carbonyl (C=O) groups is 3. The largest absolute Gasteiger partial charge is 0.346 e. The fourth-order valence-electron chi connectivity index (χ4n) is 2.01. The molecule has 22 heavy (non-hydrogen) atoms. The van der Waals surface area contributed by atoms with Crippen LogP contribution < -0.4 is 16.2 Å². The normalized spacial score (nSPS) is 11.6. The molecule has 0 heterocycles. The molecule has 1 aromatic carbocycles. The first kappa shape index (κ1) is 17.7. The van der Waals surface area contributed by atoms with Crippen LogP contribution in [0.3, 0.4) is 0 Å². The summed E-state index contributed by atoms with van der Waals surface area (Å²) >= 11 is 0. The van der Waals surface area contributed by atoms with Crippen molar-refractivity contribution in [1.82, 2.24) is 16.2 Å². The van der Waals surface area contributed by atoms with Gasteiger partial charge in [0.25, 0.3) is 0 Å². The quantitative estimate of drug-likeness (QED) is 0.565. The lowest BCUT2D eigenvalue weighted by Gasteiger charge is -2.17. The average molecular weight is 305 g/mol. The standard InChI is InChI=1S/C16H23N3O3/c1-4-8-13(12-9-6-5-7-10-12)14(20)18-19-16(22)15(21)17-11(2)3/h5-7,9-11,13H,4,8H2,1-3H3,(H,17,21)(H,18,20)(H,19,22)/t13-/m0/s1. The van der Waals surface area contributed by atoms with E-state index in [1.54, 1.807) is 13.8 Å². The lowest BCUT2D eigenvalue weighted by atomic mass is 9.94. The molecule has 0 aliphatic heterocycles. The minimum Gasteiger partial charge on any atom is -0.346 e. The van der Waals surface area contributed by atoms with Crippen LogP contribution >= 0.6 is 0 Å². The Labute approximate surface area is 130 Å². The lowest BCUT2D eigenvalue weighted by molar-refractivity contribution is -0.141.